The van der Waals surface area contributed by atoms with E-state index >= 15 is 0 Å². The van der Waals surface area contributed by atoms with E-state index in [1.54, 1.807) is 0 Å². The normalized spacial score (nSPS) is 11.5. The Balaban J connectivity index is 1.80. The summed E-state index contributed by atoms with van der Waals surface area (Å²) in [6.07, 6.45) is 0. The minimum atomic E-state index is 0.739. The molecule has 142 valence electrons. The molecule has 0 unspecified atom stereocenters. The van der Waals surface area contributed by atoms with E-state index in [1.807, 2.05) is 24.3 Å². The molecular weight excluding hydrogens is 366 g/mol. The lowest BCUT2D eigenvalue weighted by molar-refractivity contribution is 1.07. The first-order valence-electron chi connectivity index (χ1n) is 10.1. The molecule has 0 saturated heterocycles. The van der Waals surface area contributed by atoms with E-state index in [9.17, 15) is 0 Å². The largest absolute Gasteiger partial charge is 0.293 e. The summed E-state index contributed by atoms with van der Waals surface area (Å²) >= 11 is 0. The van der Waals surface area contributed by atoms with Gasteiger partial charge in [0.2, 0.25) is 0 Å². The van der Waals surface area contributed by atoms with Crippen LogP contribution in [0.1, 0.15) is 5.56 Å². The Bertz CT molecular complexity index is 1550. The van der Waals surface area contributed by atoms with Crippen LogP contribution in [0, 0.1) is 6.92 Å². The molecule has 0 aliphatic rings. The Morgan fingerprint density at radius 1 is 0.600 bits per heavy atom. The average molecular weight is 385 g/mol. The van der Waals surface area contributed by atoms with Crippen LogP contribution in [0.2, 0.25) is 0 Å². The van der Waals surface area contributed by atoms with Crippen LogP contribution in [0.5, 0.6) is 0 Å². The van der Waals surface area contributed by atoms with E-state index < -0.39 is 0 Å². The number of nitrogens with zero attached hydrogens (tertiary/aromatic N) is 3. The molecule has 0 atom stereocenters. The quantitative estimate of drug-likeness (QED) is 0.332. The van der Waals surface area contributed by atoms with Crippen molar-refractivity contribution in [1.29, 1.82) is 0 Å². The number of aromatic nitrogens is 3. The molecule has 6 rings (SSSR count). The second-order valence-corrected chi connectivity index (χ2v) is 7.58. The summed E-state index contributed by atoms with van der Waals surface area (Å²) in [7, 11) is 0. The number of para-hydroxylation sites is 2. The number of benzene rings is 4. The Labute approximate surface area is 174 Å². The van der Waals surface area contributed by atoms with Gasteiger partial charge in [0, 0.05) is 21.7 Å². The summed E-state index contributed by atoms with van der Waals surface area (Å²) in [5, 5.41) is 3.56. The topological polar surface area (TPSA) is 30.7 Å². The van der Waals surface area contributed by atoms with Crippen LogP contribution < -0.4 is 0 Å². The zero-order valence-corrected chi connectivity index (χ0v) is 16.6. The van der Waals surface area contributed by atoms with Gasteiger partial charge in [-0.2, -0.15) is 0 Å². The van der Waals surface area contributed by atoms with Crippen LogP contribution in [-0.2, 0) is 0 Å². The van der Waals surface area contributed by atoms with Crippen LogP contribution in [0.3, 0.4) is 0 Å². The van der Waals surface area contributed by atoms with E-state index in [0.717, 1.165) is 33.6 Å². The highest BCUT2D eigenvalue weighted by molar-refractivity contribution is 6.11. The molecule has 0 saturated carbocycles. The number of aryl methyl sites for hydroxylation is 1. The number of hydrogen-bond donors (Lipinski definition) is 0. The van der Waals surface area contributed by atoms with Gasteiger partial charge >= 0.3 is 0 Å². The summed E-state index contributed by atoms with van der Waals surface area (Å²) in [4.78, 5) is 9.96. The molecule has 0 aliphatic heterocycles. The molecule has 0 N–H and O–H groups in total. The van der Waals surface area contributed by atoms with Gasteiger partial charge in [-0.15, -0.1) is 0 Å². The molecule has 6 aromatic rings. The lowest BCUT2D eigenvalue weighted by atomic mass is 10.1. The molecule has 2 aromatic heterocycles. The van der Waals surface area contributed by atoms with Crippen molar-refractivity contribution in [1.82, 2.24) is 14.5 Å². The predicted octanol–water partition coefficient (Wildman–Crippen LogP) is 6.70. The minimum Gasteiger partial charge on any atom is -0.293 e. The highest BCUT2D eigenvalue weighted by Gasteiger charge is 2.17. The third kappa shape index (κ3) is 2.45. The molecule has 4 aromatic carbocycles. The molecule has 0 spiro atoms. The predicted molar refractivity (Wildman–Crippen MR) is 124 cm³/mol. The van der Waals surface area contributed by atoms with E-state index in [1.165, 1.54) is 21.9 Å². The Morgan fingerprint density at radius 3 is 2.17 bits per heavy atom. The SMILES string of the molecule is Cc1cccc2c1c1ccccc1n2-c1nc(-c2ccccc2)nc2ccccc12. The van der Waals surface area contributed by atoms with E-state index in [4.69, 9.17) is 9.97 Å². The van der Waals surface area contributed by atoms with E-state index in [0.29, 0.717) is 0 Å². The van der Waals surface area contributed by atoms with Gasteiger partial charge in [0.25, 0.3) is 0 Å². The number of fused-ring (bicyclic) bond motifs is 4. The Hall–Kier alpha value is -3.98. The van der Waals surface area contributed by atoms with Gasteiger partial charge in [0.15, 0.2) is 5.82 Å². The van der Waals surface area contributed by atoms with Crippen molar-refractivity contribution in [3.63, 3.8) is 0 Å². The fourth-order valence-corrected chi connectivity index (χ4v) is 4.37. The molecular formula is C27H19N3. The van der Waals surface area contributed by atoms with Gasteiger partial charge in [-0.3, -0.25) is 4.57 Å². The summed E-state index contributed by atoms with van der Waals surface area (Å²) in [6.45, 7) is 2.17. The molecule has 0 aliphatic carbocycles. The molecule has 0 amide bonds. The van der Waals surface area contributed by atoms with Crippen molar-refractivity contribution in [2.45, 2.75) is 6.92 Å². The van der Waals surface area contributed by atoms with Crippen molar-refractivity contribution in [2.24, 2.45) is 0 Å². The van der Waals surface area contributed by atoms with Crippen molar-refractivity contribution in [3.8, 4) is 17.2 Å². The van der Waals surface area contributed by atoms with Gasteiger partial charge < -0.3 is 0 Å². The third-order valence-corrected chi connectivity index (χ3v) is 5.73. The Morgan fingerprint density at radius 2 is 1.30 bits per heavy atom. The summed E-state index contributed by atoms with van der Waals surface area (Å²) in [5.74, 6) is 1.65. The fraction of sp³-hybridized carbons (Fsp3) is 0.0370. The first kappa shape index (κ1) is 16.9. The molecule has 0 radical (unpaired) electrons. The zero-order valence-electron chi connectivity index (χ0n) is 16.6. The van der Waals surface area contributed by atoms with Crippen molar-refractivity contribution in [2.75, 3.05) is 0 Å². The number of rotatable bonds is 2. The molecule has 3 heteroatoms. The second kappa shape index (κ2) is 6.53. The lowest BCUT2D eigenvalue weighted by Crippen LogP contribution is -2.02. The first-order chi connectivity index (χ1) is 14.8. The van der Waals surface area contributed by atoms with Crippen LogP contribution in [0.4, 0.5) is 0 Å². The van der Waals surface area contributed by atoms with Gasteiger partial charge in [0.05, 0.1) is 16.6 Å². The van der Waals surface area contributed by atoms with Gasteiger partial charge in [-0.25, -0.2) is 9.97 Å². The van der Waals surface area contributed by atoms with Crippen LogP contribution in [-0.4, -0.2) is 14.5 Å². The maximum atomic E-state index is 5.10. The van der Waals surface area contributed by atoms with Gasteiger partial charge in [-0.1, -0.05) is 72.8 Å². The highest BCUT2D eigenvalue weighted by atomic mass is 15.1. The highest BCUT2D eigenvalue weighted by Crippen LogP contribution is 2.35. The monoisotopic (exact) mass is 385 g/mol. The zero-order chi connectivity index (χ0) is 20.1. The fourth-order valence-electron chi connectivity index (χ4n) is 4.37. The lowest BCUT2D eigenvalue weighted by Gasteiger charge is -2.12. The van der Waals surface area contributed by atoms with E-state index in [-0.39, 0.29) is 0 Å². The summed E-state index contributed by atoms with van der Waals surface area (Å²) in [5.41, 5.74) is 5.55. The van der Waals surface area contributed by atoms with Gasteiger partial charge in [0.1, 0.15) is 5.82 Å². The smallest absolute Gasteiger partial charge is 0.162 e. The molecule has 2 heterocycles. The van der Waals surface area contributed by atoms with Crippen LogP contribution in [0.25, 0.3) is 49.9 Å². The number of hydrogen-bond acceptors (Lipinski definition) is 2. The molecule has 30 heavy (non-hydrogen) atoms. The molecule has 3 nitrogen and oxygen atoms in total. The Kier molecular flexibility index (Phi) is 3.68. The van der Waals surface area contributed by atoms with Crippen LogP contribution >= 0.6 is 0 Å². The average Bonchev–Trinajstić information content (AvgIpc) is 3.14. The van der Waals surface area contributed by atoms with Crippen molar-refractivity contribution >= 4 is 32.7 Å². The standard InChI is InChI=1S/C27H19N3/c1-18-10-9-17-24-25(18)21-14-6-8-16-23(21)30(24)27-20-13-5-7-15-22(20)28-26(29-27)19-11-3-2-4-12-19/h2-17H,1H3. The molecule has 0 bridgehead atoms. The van der Waals surface area contributed by atoms with Crippen LogP contribution in [0.15, 0.2) is 97.1 Å². The maximum absolute atomic E-state index is 5.10. The summed E-state index contributed by atoms with van der Waals surface area (Å²) < 4.78 is 2.29. The molecule has 0 fully saturated rings. The minimum absolute atomic E-state index is 0.739. The maximum Gasteiger partial charge on any atom is 0.162 e. The summed E-state index contributed by atoms with van der Waals surface area (Å²) in [6, 6.07) is 33.5. The third-order valence-electron chi connectivity index (χ3n) is 5.73. The van der Waals surface area contributed by atoms with E-state index in [2.05, 4.69) is 84.3 Å². The van der Waals surface area contributed by atoms with Crippen molar-refractivity contribution < 1.29 is 0 Å². The first-order valence-corrected chi connectivity index (χ1v) is 10.1. The van der Waals surface area contributed by atoms with Gasteiger partial charge in [-0.05, 0) is 36.8 Å². The van der Waals surface area contributed by atoms with Crippen molar-refractivity contribution in [3.05, 3.63) is 103 Å². The second-order valence-electron chi connectivity index (χ2n) is 7.58.